The van der Waals surface area contributed by atoms with E-state index in [0.717, 1.165) is 10.9 Å². The molecule has 29 heavy (non-hydrogen) atoms. The van der Waals surface area contributed by atoms with Gasteiger partial charge in [0.05, 0.1) is 12.6 Å². The lowest BCUT2D eigenvalue weighted by Gasteiger charge is -2.39. The van der Waals surface area contributed by atoms with Crippen LogP contribution in [0.2, 0.25) is 0 Å². The Morgan fingerprint density at radius 2 is 1.93 bits per heavy atom. The van der Waals surface area contributed by atoms with Crippen LogP contribution >= 0.6 is 0 Å². The number of nitrogens with zero attached hydrogens (tertiary/aromatic N) is 1. The number of carbonyl (C=O) groups excluding carboxylic acids is 1. The Bertz CT molecular complexity index is 911. The number of aliphatic carboxylic acids is 1. The molecule has 5 N–H and O–H groups in total. The molecule has 1 aliphatic rings. The predicted octanol–water partition coefficient (Wildman–Crippen LogP) is -0.607. The number of nitrogens with one attached hydrogen (secondary N) is 1. The molecule has 5 atom stereocenters. The Hall–Kier alpha value is -2.66. The third-order valence-electron chi connectivity index (χ3n) is 5.00. The molecular weight excluding hydrogens is 384 g/mol. The molecule has 5 unspecified atom stereocenters. The molecule has 1 saturated heterocycles. The van der Waals surface area contributed by atoms with Crippen LogP contribution in [-0.4, -0.2) is 74.9 Å². The van der Waals surface area contributed by atoms with Crippen LogP contribution in [0.1, 0.15) is 18.7 Å². The molecule has 1 aromatic carbocycles. The van der Waals surface area contributed by atoms with Gasteiger partial charge in [-0.3, -0.25) is 4.79 Å². The van der Waals surface area contributed by atoms with Crippen molar-refractivity contribution in [3.05, 3.63) is 30.0 Å². The summed E-state index contributed by atoms with van der Waals surface area (Å²) in [7, 11) is 1.53. The minimum atomic E-state index is -1.76. The Labute approximate surface area is 166 Å². The second kappa shape index (κ2) is 8.37. The van der Waals surface area contributed by atoms with Gasteiger partial charge in [-0.1, -0.05) is 0 Å². The van der Waals surface area contributed by atoms with Gasteiger partial charge in [-0.25, -0.2) is 4.79 Å². The van der Waals surface area contributed by atoms with Crippen molar-refractivity contribution in [2.75, 3.05) is 13.7 Å². The molecular formula is C19H24N2O8. The van der Waals surface area contributed by atoms with E-state index in [4.69, 9.17) is 9.47 Å². The minimum absolute atomic E-state index is 0.168. The number of carbonyl (C=O) groups is 2. The lowest BCUT2D eigenvalue weighted by Crippen LogP contribution is -2.57. The van der Waals surface area contributed by atoms with Crippen LogP contribution in [0.15, 0.2) is 24.4 Å². The quantitative estimate of drug-likeness (QED) is 0.425. The number of ether oxygens (including phenoxy) is 2. The van der Waals surface area contributed by atoms with Gasteiger partial charge < -0.3 is 39.8 Å². The fraction of sp³-hybridized carbons (Fsp3) is 0.474. The summed E-state index contributed by atoms with van der Waals surface area (Å²) in [5, 5.41) is 43.3. The summed E-state index contributed by atoms with van der Waals surface area (Å²) in [5.41, 5.74) is 1.41. The van der Waals surface area contributed by atoms with E-state index in [0.29, 0.717) is 24.2 Å². The molecule has 10 heteroatoms. The summed E-state index contributed by atoms with van der Waals surface area (Å²) in [6.45, 7) is 1.79. The van der Waals surface area contributed by atoms with Crippen molar-refractivity contribution < 1.29 is 39.5 Å². The smallest absolute Gasteiger partial charge is 0.335 e. The van der Waals surface area contributed by atoms with Crippen molar-refractivity contribution in [3.8, 4) is 5.75 Å². The van der Waals surface area contributed by atoms with Crippen molar-refractivity contribution in [2.45, 2.75) is 44.0 Å². The number of carboxylic acids is 1. The average molecular weight is 408 g/mol. The maximum absolute atomic E-state index is 11.4. The molecule has 10 nitrogen and oxygen atoms in total. The van der Waals surface area contributed by atoms with Crippen LogP contribution in [0.25, 0.3) is 10.9 Å². The van der Waals surface area contributed by atoms with Gasteiger partial charge in [0.2, 0.25) is 5.91 Å². The number of hydrogen-bond acceptors (Lipinski definition) is 7. The number of aliphatic hydroxyl groups excluding tert-OH is 3. The maximum atomic E-state index is 11.4. The third-order valence-corrected chi connectivity index (χ3v) is 5.00. The fourth-order valence-electron chi connectivity index (χ4n) is 3.51. The van der Waals surface area contributed by atoms with Gasteiger partial charge in [-0.15, -0.1) is 0 Å². The molecule has 1 aromatic heterocycles. The van der Waals surface area contributed by atoms with Gasteiger partial charge in [0.25, 0.3) is 0 Å². The lowest BCUT2D eigenvalue weighted by molar-refractivity contribution is -0.245. The normalized spacial score (nSPS) is 27.0. The van der Waals surface area contributed by atoms with Crippen LogP contribution in [0, 0.1) is 0 Å². The van der Waals surface area contributed by atoms with Gasteiger partial charge in [0.15, 0.2) is 12.3 Å². The largest absolute Gasteiger partial charge is 0.497 e. The third kappa shape index (κ3) is 4.06. The average Bonchev–Trinajstić information content (AvgIpc) is 3.03. The standard InChI is InChI=1S/C19H24N2O8/c1-9(22)20-6-5-10-8-21(13-4-3-11(28-2)7-12(10)13)18-16(25)14(23)15(24)17(29-18)19(26)27/h3-4,7-8,14-18,23-25H,5-6H2,1-2H3,(H,20,22)(H,26,27). The number of methoxy groups -OCH3 is 1. The molecule has 0 aliphatic carbocycles. The molecule has 1 fully saturated rings. The van der Waals surface area contributed by atoms with Gasteiger partial charge >= 0.3 is 5.97 Å². The topological polar surface area (TPSA) is 150 Å². The molecule has 2 aromatic rings. The number of amides is 1. The predicted molar refractivity (Wildman–Crippen MR) is 100 cm³/mol. The fourth-order valence-corrected chi connectivity index (χ4v) is 3.51. The summed E-state index contributed by atoms with van der Waals surface area (Å²) in [6, 6.07) is 5.20. The zero-order valence-electron chi connectivity index (χ0n) is 16.0. The number of hydrogen-bond donors (Lipinski definition) is 5. The number of aliphatic hydroxyl groups is 3. The molecule has 158 valence electrons. The van der Waals surface area contributed by atoms with Gasteiger partial charge in [-0.2, -0.15) is 0 Å². The molecule has 1 aliphatic heterocycles. The second-order valence-electron chi connectivity index (χ2n) is 6.93. The first-order valence-electron chi connectivity index (χ1n) is 9.09. The van der Waals surface area contributed by atoms with Crippen molar-refractivity contribution in [1.29, 1.82) is 0 Å². The first-order chi connectivity index (χ1) is 13.7. The van der Waals surface area contributed by atoms with Gasteiger partial charge in [0, 0.05) is 25.1 Å². The van der Waals surface area contributed by atoms with E-state index >= 15 is 0 Å². The van der Waals surface area contributed by atoms with Crippen molar-refractivity contribution in [2.24, 2.45) is 0 Å². The monoisotopic (exact) mass is 408 g/mol. The van der Waals surface area contributed by atoms with Gasteiger partial charge in [-0.05, 0) is 30.2 Å². The van der Waals surface area contributed by atoms with Gasteiger partial charge in [0.1, 0.15) is 24.1 Å². The molecule has 0 radical (unpaired) electrons. The maximum Gasteiger partial charge on any atom is 0.335 e. The van der Waals surface area contributed by atoms with Crippen LogP contribution in [-0.2, 0) is 20.7 Å². The summed E-state index contributed by atoms with van der Waals surface area (Å²) in [6.07, 6.45) is -5.82. The Balaban J connectivity index is 2.03. The second-order valence-corrected chi connectivity index (χ2v) is 6.93. The Kier molecular flexibility index (Phi) is 6.08. The molecule has 0 spiro atoms. The van der Waals surface area contributed by atoms with Crippen molar-refractivity contribution in [3.63, 3.8) is 0 Å². The minimum Gasteiger partial charge on any atom is -0.497 e. The molecule has 1 amide bonds. The Morgan fingerprint density at radius 1 is 1.21 bits per heavy atom. The molecule has 0 saturated carbocycles. The highest BCUT2D eigenvalue weighted by Gasteiger charge is 2.47. The number of aromatic nitrogens is 1. The summed E-state index contributed by atoms with van der Waals surface area (Å²) < 4.78 is 12.2. The molecule has 0 bridgehead atoms. The van der Waals surface area contributed by atoms with E-state index in [2.05, 4.69) is 5.32 Å². The molecule has 3 rings (SSSR count). The highest BCUT2D eigenvalue weighted by Crippen LogP contribution is 2.34. The van der Waals surface area contributed by atoms with E-state index in [1.807, 2.05) is 0 Å². The van der Waals surface area contributed by atoms with E-state index in [1.54, 1.807) is 24.4 Å². The highest BCUT2D eigenvalue weighted by atomic mass is 16.6. The number of benzene rings is 1. The Morgan fingerprint density at radius 3 is 2.55 bits per heavy atom. The first-order valence-corrected chi connectivity index (χ1v) is 9.09. The number of rotatable bonds is 6. The lowest BCUT2D eigenvalue weighted by atomic mass is 9.98. The van der Waals surface area contributed by atoms with Crippen LogP contribution < -0.4 is 10.1 Å². The van der Waals surface area contributed by atoms with E-state index in [-0.39, 0.29) is 5.91 Å². The van der Waals surface area contributed by atoms with Crippen LogP contribution in [0.5, 0.6) is 5.75 Å². The SMILES string of the molecule is COc1ccc2c(c1)c(CCNC(C)=O)cn2C1OC(C(=O)O)C(O)C(O)C1O. The molecule has 2 heterocycles. The van der Waals surface area contributed by atoms with E-state index < -0.39 is 36.6 Å². The zero-order chi connectivity index (χ0) is 21.3. The van der Waals surface area contributed by atoms with Crippen LogP contribution in [0.3, 0.4) is 0 Å². The highest BCUT2D eigenvalue weighted by molar-refractivity contribution is 5.86. The van der Waals surface area contributed by atoms with E-state index in [1.165, 1.54) is 18.6 Å². The summed E-state index contributed by atoms with van der Waals surface area (Å²) >= 11 is 0. The summed E-state index contributed by atoms with van der Waals surface area (Å²) in [5.74, 6) is -1.02. The zero-order valence-corrected chi connectivity index (χ0v) is 16.0. The van der Waals surface area contributed by atoms with Crippen LogP contribution in [0.4, 0.5) is 0 Å². The summed E-state index contributed by atoms with van der Waals surface area (Å²) in [4.78, 5) is 22.6. The number of carboxylic acid groups (broad SMARTS) is 1. The van der Waals surface area contributed by atoms with Crippen molar-refractivity contribution >= 4 is 22.8 Å². The van der Waals surface area contributed by atoms with E-state index in [9.17, 15) is 30.0 Å². The number of fused-ring (bicyclic) bond motifs is 1. The first kappa shape index (κ1) is 21.1. The van der Waals surface area contributed by atoms with Crippen molar-refractivity contribution in [1.82, 2.24) is 9.88 Å².